The number of carbonyl (C=O) groups excluding carboxylic acids is 2. The third kappa shape index (κ3) is 2.29. The molecule has 0 radical (unpaired) electrons. The van der Waals surface area contributed by atoms with Gasteiger partial charge in [0.1, 0.15) is 6.29 Å². The van der Waals surface area contributed by atoms with E-state index in [4.69, 9.17) is 5.73 Å². The van der Waals surface area contributed by atoms with Gasteiger partial charge in [-0.25, -0.2) is 0 Å². The number of aromatic amines is 1. The van der Waals surface area contributed by atoms with E-state index in [1.54, 1.807) is 18.3 Å². The molecule has 0 aliphatic carbocycles. The number of aldehydes is 1. The van der Waals surface area contributed by atoms with Gasteiger partial charge >= 0.3 is 0 Å². The summed E-state index contributed by atoms with van der Waals surface area (Å²) in [4.78, 5) is 26.6. The Kier molecular flexibility index (Phi) is 3.51. The maximum absolute atomic E-state index is 12.0. The fourth-order valence-electron chi connectivity index (χ4n) is 2.88. The van der Waals surface area contributed by atoms with Crippen LogP contribution in [-0.4, -0.2) is 17.2 Å². The highest BCUT2D eigenvalue weighted by atomic mass is 16.1. The van der Waals surface area contributed by atoms with Crippen molar-refractivity contribution >= 4 is 23.0 Å². The van der Waals surface area contributed by atoms with Gasteiger partial charge in [0, 0.05) is 18.3 Å². The van der Waals surface area contributed by atoms with Crippen molar-refractivity contribution in [1.82, 2.24) is 4.98 Å². The van der Waals surface area contributed by atoms with Crippen LogP contribution in [-0.2, 0) is 15.0 Å². The first-order valence-electron chi connectivity index (χ1n) is 7.03. The van der Waals surface area contributed by atoms with Crippen LogP contribution in [0.2, 0.25) is 0 Å². The number of nitrogens with two attached hydrogens (primary N) is 1. The molecule has 1 unspecified atom stereocenters. The minimum absolute atomic E-state index is 0.0741. The number of fused-ring (bicyclic) bond motifs is 1. The van der Waals surface area contributed by atoms with Gasteiger partial charge < -0.3 is 15.5 Å². The second-order valence-corrected chi connectivity index (χ2v) is 5.38. The number of carbonyl (C=O) groups is 2. The van der Waals surface area contributed by atoms with Gasteiger partial charge in [0.15, 0.2) is 0 Å². The Bertz CT molecular complexity index is 824. The van der Waals surface area contributed by atoms with Crippen molar-refractivity contribution in [3.63, 3.8) is 0 Å². The van der Waals surface area contributed by atoms with Crippen molar-refractivity contribution in [2.75, 3.05) is 0 Å². The number of amides is 1. The van der Waals surface area contributed by atoms with Crippen molar-refractivity contribution in [3.05, 3.63) is 72.1 Å². The molecule has 3 aromatic rings. The molecular weight excluding hydrogens is 276 g/mol. The summed E-state index contributed by atoms with van der Waals surface area (Å²) in [6.45, 7) is 0. The summed E-state index contributed by atoms with van der Waals surface area (Å²) < 4.78 is 0. The molecule has 4 heteroatoms. The molecule has 0 saturated carbocycles. The first kappa shape index (κ1) is 14.1. The highest BCUT2D eigenvalue weighted by Crippen LogP contribution is 2.34. The standard InChI is InChI=1S/C18H16N2O2/c19-17(22)11-18(12-21,16-6-3-9-20-16)15-8-7-13-4-1-2-5-14(13)10-15/h1-10,12,20H,11H2,(H2,19,22). The van der Waals surface area contributed by atoms with Crippen LogP contribution in [0, 0.1) is 0 Å². The Morgan fingerprint density at radius 3 is 2.50 bits per heavy atom. The number of benzene rings is 2. The highest BCUT2D eigenvalue weighted by molar-refractivity contribution is 5.89. The summed E-state index contributed by atoms with van der Waals surface area (Å²) in [6, 6.07) is 17.3. The molecule has 1 amide bonds. The second kappa shape index (κ2) is 5.48. The van der Waals surface area contributed by atoms with Crippen LogP contribution in [0.3, 0.4) is 0 Å². The fourth-order valence-corrected chi connectivity index (χ4v) is 2.88. The van der Waals surface area contributed by atoms with E-state index in [-0.39, 0.29) is 6.42 Å². The van der Waals surface area contributed by atoms with E-state index in [9.17, 15) is 9.59 Å². The first-order chi connectivity index (χ1) is 10.7. The minimum atomic E-state index is -1.08. The molecule has 4 nitrogen and oxygen atoms in total. The van der Waals surface area contributed by atoms with E-state index in [0.29, 0.717) is 5.69 Å². The Hall–Kier alpha value is -2.88. The van der Waals surface area contributed by atoms with E-state index in [1.807, 2.05) is 42.5 Å². The van der Waals surface area contributed by atoms with Crippen molar-refractivity contribution in [2.24, 2.45) is 5.73 Å². The minimum Gasteiger partial charge on any atom is -0.370 e. The summed E-state index contributed by atoms with van der Waals surface area (Å²) in [5.41, 5.74) is 5.73. The summed E-state index contributed by atoms with van der Waals surface area (Å²) in [6.07, 6.45) is 2.46. The number of nitrogens with one attached hydrogen (secondary N) is 1. The quantitative estimate of drug-likeness (QED) is 0.709. The summed E-state index contributed by atoms with van der Waals surface area (Å²) in [7, 11) is 0. The van der Waals surface area contributed by atoms with Gasteiger partial charge in [0.25, 0.3) is 0 Å². The smallest absolute Gasteiger partial charge is 0.219 e. The van der Waals surface area contributed by atoms with Crippen molar-refractivity contribution in [2.45, 2.75) is 11.8 Å². The summed E-state index contributed by atoms with van der Waals surface area (Å²) in [5.74, 6) is -0.519. The number of H-pyrrole nitrogens is 1. The molecule has 0 bridgehead atoms. The fraction of sp³-hybridized carbons (Fsp3) is 0.111. The monoisotopic (exact) mass is 292 g/mol. The molecule has 0 fully saturated rings. The van der Waals surface area contributed by atoms with Crippen LogP contribution in [0.15, 0.2) is 60.8 Å². The van der Waals surface area contributed by atoms with Gasteiger partial charge in [0.2, 0.25) is 5.91 Å². The molecule has 3 rings (SSSR count). The molecule has 0 aliphatic heterocycles. The second-order valence-electron chi connectivity index (χ2n) is 5.38. The lowest BCUT2D eigenvalue weighted by atomic mass is 9.75. The number of rotatable bonds is 5. The maximum atomic E-state index is 12.0. The average Bonchev–Trinajstić information content (AvgIpc) is 3.07. The summed E-state index contributed by atoms with van der Waals surface area (Å²) >= 11 is 0. The van der Waals surface area contributed by atoms with Gasteiger partial charge in [-0.1, -0.05) is 36.4 Å². The zero-order valence-electron chi connectivity index (χ0n) is 12.0. The number of hydrogen-bond donors (Lipinski definition) is 2. The number of aromatic nitrogens is 1. The van der Waals surface area contributed by atoms with E-state index in [2.05, 4.69) is 4.98 Å². The van der Waals surface area contributed by atoms with Crippen LogP contribution < -0.4 is 5.73 Å². The van der Waals surface area contributed by atoms with Crippen LogP contribution >= 0.6 is 0 Å². The predicted octanol–water partition coefficient (Wildman–Crippen LogP) is 2.53. The van der Waals surface area contributed by atoms with Crippen molar-refractivity contribution < 1.29 is 9.59 Å². The van der Waals surface area contributed by atoms with Crippen LogP contribution in [0.5, 0.6) is 0 Å². The Labute approximate surface area is 128 Å². The molecular formula is C18H16N2O2. The highest BCUT2D eigenvalue weighted by Gasteiger charge is 2.37. The predicted molar refractivity (Wildman–Crippen MR) is 85.4 cm³/mol. The zero-order valence-corrected chi connectivity index (χ0v) is 12.0. The zero-order chi connectivity index (χ0) is 15.6. The molecule has 1 atom stereocenters. The largest absolute Gasteiger partial charge is 0.370 e. The lowest BCUT2D eigenvalue weighted by Crippen LogP contribution is -2.35. The molecule has 1 heterocycles. The lowest BCUT2D eigenvalue weighted by Gasteiger charge is -2.27. The molecule has 0 saturated heterocycles. The van der Waals surface area contributed by atoms with Crippen LogP contribution in [0.25, 0.3) is 10.8 Å². The van der Waals surface area contributed by atoms with Gasteiger partial charge in [-0.05, 0) is 34.5 Å². The SMILES string of the molecule is NC(=O)CC(C=O)(c1ccc2ccccc2c1)c1ccc[nH]1. The number of primary amides is 1. The lowest BCUT2D eigenvalue weighted by molar-refractivity contribution is -0.122. The third-order valence-corrected chi connectivity index (χ3v) is 4.00. The Balaban J connectivity index is 2.23. The van der Waals surface area contributed by atoms with E-state index in [0.717, 1.165) is 22.6 Å². The van der Waals surface area contributed by atoms with E-state index in [1.165, 1.54) is 0 Å². The molecule has 1 aromatic heterocycles. The molecule has 110 valence electrons. The average molecular weight is 292 g/mol. The van der Waals surface area contributed by atoms with Gasteiger partial charge in [-0.2, -0.15) is 0 Å². The van der Waals surface area contributed by atoms with Gasteiger partial charge in [-0.15, -0.1) is 0 Å². The molecule has 2 aromatic carbocycles. The van der Waals surface area contributed by atoms with E-state index >= 15 is 0 Å². The first-order valence-corrected chi connectivity index (χ1v) is 7.03. The molecule has 3 N–H and O–H groups in total. The molecule has 22 heavy (non-hydrogen) atoms. The van der Waals surface area contributed by atoms with Crippen LogP contribution in [0.4, 0.5) is 0 Å². The Morgan fingerprint density at radius 2 is 1.86 bits per heavy atom. The van der Waals surface area contributed by atoms with Gasteiger partial charge in [-0.3, -0.25) is 4.79 Å². The molecule has 0 aliphatic rings. The number of hydrogen-bond acceptors (Lipinski definition) is 2. The van der Waals surface area contributed by atoms with Crippen LogP contribution in [0.1, 0.15) is 17.7 Å². The maximum Gasteiger partial charge on any atom is 0.219 e. The third-order valence-electron chi connectivity index (χ3n) is 4.00. The summed E-state index contributed by atoms with van der Waals surface area (Å²) in [5, 5.41) is 2.10. The Morgan fingerprint density at radius 1 is 1.09 bits per heavy atom. The topological polar surface area (TPSA) is 76.0 Å². The normalized spacial score (nSPS) is 13.6. The van der Waals surface area contributed by atoms with Gasteiger partial charge in [0.05, 0.1) is 5.41 Å². The van der Waals surface area contributed by atoms with Crippen molar-refractivity contribution in [1.29, 1.82) is 0 Å². The van der Waals surface area contributed by atoms with E-state index < -0.39 is 11.3 Å². The molecule has 0 spiro atoms. The van der Waals surface area contributed by atoms with Crippen molar-refractivity contribution in [3.8, 4) is 0 Å².